The molecule has 1 aliphatic heterocycles. The number of aromatic nitrogens is 1. The normalized spacial score (nSPS) is 15.6. The number of halogens is 1. The van der Waals surface area contributed by atoms with Gasteiger partial charge in [0.05, 0.1) is 5.02 Å². The molecule has 1 atom stereocenters. The van der Waals surface area contributed by atoms with Gasteiger partial charge in [0.15, 0.2) is 11.8 Å². The Morgan fingerprint density at radius 3 is 2.32 bits per heavy atom. The summed E-state index contributed by atoms with van der Waals surface area (Å²) in [5.74, 6) is -0.751. The molecule has 3 rings (SSSR count). The van der Waals surface area contributed by atoms with Crippen LogP contribution >= 0.6 is 11.6 Å². The van der Waals surface area contributed by atoms with Gasteiger partial charge in [-0.05, 0) is 25.3 Å². The standard InChI is InChI=1S/C19H19ClN2O3/c20-15-9-10-16(23)22(13-15)17(18(24)14-7-3-1-4-8-14)19(25)21-11-5-2-6-12-21/h1,3-4,7-10,13,17H,2,5-6,11-12H2/t17-/m0/s1. The number of ketones is 1. The van der Waals surface area contributed by atoms with Crippen LogP contribution < -0.4 is 5.56 Å². The van der Waals surface area contributed by atoms with Gasteiger partial charge in [-0.25, -0.2) is 0 Å². The largest absolute Gasteiger partial charge is 0.340 e. The van der Waals surface area contributed by atoms with Crippen molar-refractivity contribution in [1.82, 2.24) is 9.47 Å². The van der Waals surface area contributed by atoms with Crippen molar-refractivity contribution >= 4 is 23.3 Å². The van der Waals surface area contributed by atoms with Gasteiger partial charge in [0.25, 0.3) is 11.5 Å². The molecular formula is C19H19ClN2O3. The van der Waals surface area contributed by atoms with Gasteiger partial charge in [0.2, 0.25) is 0 Å². The highest BCUT2D eigenvalue weighted by molar-refractivity contribution is 6.30. The highest BCUT2D eigenvalue weighted by atomic mass is 35.5. The fraction of sp³-hybridized carbons (Fsp3) is 0.316. The van der Waals surface area contributed by atoms with Gasteiger partial charge in [0.1, 0.15) is 0 Å². The van der Waals surface area contributed by atoms with Gasteiger partial charge in [-0.1, -0.05) is 41.9 Å². The summed E-state index contributed by atoms with van der Waals surface area (Å²) in [4.78, 5) is 40.1. The minimum absolute atomic E-state index is 0.303. The predicted molar refractivity (Wildman–Crippen MR) is 96.0 cm³/mol. The molecule has 0 aliphatic carbocycles. The van der Waals surface area contributed by atoms with E-state index in [9.17, 15) is 14.4 Å². The molecule has 0 saturated carbocycles. The van der Waals surface area contributed by atoms with Crippen LogP contribution in [-0.2, 0) is 4.79 Å². The molecule has 5 nitrogen and oxygen atoms in total. The summed E-state index contributed by atoms with van der Waals surface area (Å²) >= 11 is 6.01. The predicted octanol–water partition coefficient (Wildman–Crippen LogP) is 2.94. The van der Waals surface area contributed by atoms with Crippen LogP contribution in [0.1, 0.15) is 35.7 Å². The summed E-state index contributed by atoms with van der Waals surface area (Å²) < 4.78 is 1.15. The van der Waals surface area contributed by atoms with E-state index in [1.54, 1.807) is 35.2 Å². The Labute approximate surface area is 150 Å². The fourth-order valence-corrected chi connectivity index (χ4v) is 3.25. The van der Waals surface area contributed by atoms with Crippen molar-refractivity contribution in [2.45, 2.75) is 25.3 Å². The average molecular weight is 359 g/mol. The number of likely N-dealkylation sites (tertiary alicyclic amines) is 1. The number of amides is 1. The first-order valence-corrected chi connectivity index (χ1v) is 8.71. The number of pyridine rings is 1. The molecule has 0 radical (unpaired) electrons. The second kappa shape index (κ2) is 7.66. The lowest BCUT2D eigenvalue weighted by Gasteiger charge is -2.30. The molecule has 1 saturated heterocycles. The lowest BCUT2D eigenvalue weighted by molar-refractivity contribution is -0.134. The zero-order chi connectivity index (χ0) is 17.8. The Morgan fingerprint density at radius 1 is 0.960 bits per heavy atom. The van der Waals surface area contributed by atoms with Crippen molar-refractivity contribution in [2.24, 2.45) is 0 Å². The van der Waals surface area contributed by atoms with E-state index >= 15 is 0 Å². The lowest BCUT2D eigenvalue weighted by Crippen LogP contribution is -2.45. The van der Waals surface area contributed by atoms with Crippen LogP contribution in [0.5, 0.6) is 0 Å². The van der Waals surface area contributed by atoms with Crippen molar-refractivity contribution in [2.75, 3.05) is 13.1 Å². The minimum Gasteiger partial charge on any atom is -0.340 e. The number of benzene rings is 1. The highest BCUT2D eigenvalue weighted by Gasteiger charge is 2.34. The summed E-state index contributed by atoms with van der Waals surface area (Å²) in [6, 6.07) is 10.1. The maximum absolute atomic E-state index is 13.1. The molecule has 0 spiro atoms. The van der Waals surface area contributed by atoms with Crippen molar-refractivity contribution in [1.29, 1.82) is 0 Å². The molecule has 1 amide bonds. The van der Waals surface area contributed by atoms with Gasteiger partial charge < -0.3 is 4.90 Å². The van der Waals surface area contributed by atoms with E-state index < -0.39 is 17.4 Å². The maximum Gasteiger partial charge on any atom is 0.253 e. The van der Waals surface area contributed by atoms with Crippen molar-refractivity contribution < 1.29 is 9.59 Å². The molecule has 1 aromatic carbocycles. The molecule has 0 N–H and O–H groups in total. The van der Waals surface area contributed by atoms with Crippen LogP contribution in [0.2, 0.25) is 5.02 Å². The molecule has 6 heteroatoms. The van der Waals surface area contributed by atoms with Crippen LogP contribution in [0.25, 0.3) is 0 Å². The summed E-state index contributed by atoms with van der Waals surface area (Å²) in [5, 5.41) is 0.303. The molecule has 0 unspecified atom stereocenters. The second-order valence-corrected chi connectivity index (χ2v) is 6.55. The van der Waals surface area contributed by atoms with E-state index in [1.165, 1.54) is 18.3 Å². The van der Waals surface area contributed by atoms with E-state index in [0.29, 0.717) is 23.7 Å². The van der Waals surface area contributed by atoms with E-state index in [2.05, 4.69) is 0 Å². The molecule has 0 bridgehead atoms. The van der Waals surface area contributed by atoms with Crippen LogP contribution in [0.15, 0.2) is 53.5 Å². The molecule has 1 fully saturated rings. The zero-order valence-corrected chi connectivity index (χ0v) is 14.5. The molecule has 130 valence electrons. The zero-order valence-electron chi connectivity index (χ0n) is 13.7. The first-order chi connectivity index (χ1) is 12.1. The Balaban J connectivity index is 2.04. The van der Waals surface area contributed by atoms with E-state index in [0.717, 1.165) is 23.8 Å². The van der Waals surface area contributed by atoms with Crippen LogP contribution in [0.4, 0.5) is 0 Å². The topological polar surface area (TPSA) is 59.4 Å². The summed E-state index contributed by atoms with van der Waals surface area (Å²) in [7, 11) is 0. The third-order valence-corrected chi connectivity index (χ3v) is 4.61. The number of carbonyl (C=O) groups is 2. The van der Waals surface area contributed by atoms with E-state index in [-0.39, 0.29) is 5.91 Å². The van der Waals surface area contributed by atoms with Gasteiger partial charge in [-0.15, -0.1) is 0 Å². The quantitative estimate of drug-likeness (QED) is 0.623. The summed E-state index contributed by atoms with van der Waals surface area (Å²) in [6.45, 7) is 1.21. The van der Waals surface area contributed by atoms with Gasteiger partial charge >= 0.3 is 0 Å². The first-order valence-electron chi connectivity index (χ1n) is 8.33. The highest BCUT2D eigenvalue weighted by Crippen LogP contribution is 2.20. The SMILES string of the molecule is O=C(c1ccccc1)[C@@H](C(=O)N1CCCCC1)n1cc(Cl)ccc1=O. The number of hydrogen-bond donors (Lipinski definition) is 0. The number of hydrogen-bond acceptors (Lipinski definition) is 3. The Bertz CT molecular complexity index is 826. The molecule has 25 heavy (non-hydrogen) atoms. The average Bonchev–Trinajstić information content (AvgIpc) is 2.66. The van der Waals surface area contributed by atoms with Gasteiger partial charge in [-0.3, -0.25) is 19.0 Å². The second-order valence-electron chi connectivity index (χ2n) is 6.11. The van der Waals surface area contributed by atoms with Crippen molar-refractivity contribution in [3.05, 3.63) is 69.6 Å². The lowest BCUT2D eigenvalue weighted by atomic mass is 10.0. The number of rotatable bonds is 4. The van der Waals surface area contributed by atoms with Crippen LogP contribution in [0, 0.1) is 0 Å². The monoisotopic (exact) mass is 358 g/mol. The third-order valence-electron chi connectivity index (χ3n) is 4.39. The molecule has 1 aromatic heterocycles. The van der Waals surface area contributed by atoms with Crippen LogP contribution in [0.3, 0.4) is 0 Å². The summed E-state index contributed by atoms with van der Waals surface area (Å²) in [5.41, 5.74) is -0.0335. The fourth-order valence-electron chi connectivity index (χ4n) is 3.08. The Morgan fingerprint density at radius 2 is 1.64 bits per heavy atom. The summed E-state index contributed by atoms with van der Waals surface area (Å²) in [6.07, 6.45) is 4.24. The maximum atomic E-state index is 13.1. The minimum atomic E-state index is -1.23. The molecule has 2 heterocycles. The van der Waals surface area contributed by atoms with Crippen molar-refractivity contribution in [3.63, 3.8) is 0 Å². The molecule has 1 aliphatic rings. The number of piperidine rings is 1. The number of carbonyl (C=O) groups excluding carboxylic acids is 2. The first kappa shape index (κ1) is 17.4. The molecule has 2 aromatic rings. The van der Waals surface area contributed by atoms with Crippen LogP contribution in [-0.4, -0.2) is 34.2 Å². The third kappa shape index (κ3) is 3.82. The van der Waals surface area contributed by atoms with Gasteiger partial charge in [0, 0.05) is 30.9 Å². The Hall–Kier alpha value is -2.40. The van der Waals surface area contributed by atoms with E-state index in [4.69, 9.17) is 11.6 Å². The molecular weight excluding hydrogens is 340 g/mol. The number of nitrogens with zero attached hydrogens (tertiary/aromatic N) is 2. The van der Waals surface area contributed by atoms with E-state index in [1.807, 2.05) is 0 Å². The van der Waals surface area contributed by atoms with Crippen molar-refractivity contribution in [3.8, 4) is 0 Å². The van der Waals surface area contributed by atoms with Gasteiger partial charge in [-0.2, -0.15) is 0 Å². The Kier molecular flexibility index (Phi) is 5.34. The smallest absolute Gasteiger partial charge is 0.253 e. The number of Topliss-reactive ketones (excluding diaryl/α,β-unsaturated/α-hetero) is 1.